The number of azo groups is 1. The van der Waals surface area contributed by atoms with Crippen LogP contribution in [0, 0.1) is 0 Å². The summed E-state index contributed by atoms with van der Waals surface area (Å²) in [5.41, 5.74) is 0.773. The van der Waals surface area contributed by atoms with Crippen molar-refractivity contribution in [3.63, 3.8) is 0 Å². The summed E-state index contributed by atoms with van der Waals surface area (Å²) in [4.78, 5) is 9.84. The summed E-state index contributed by atoms with van der Waals surface area (Å²) in [6, 6.07) is 9.30. The maximum absolute atomic E-state index is 9.84. The van der Waals surface area contributed by atoms with Gasteiger partial charge in [-0.15, -0.1) is 0 Å². The lowest BCUT2D eigenvalue weighted by atomic mass is 10.3. The van der Waals surface area contributed by atoms with E-state index in [1.807, 2.05) is 30.3 Å². The highest BCUT2D eigenvalue weighted by molar-refractivity contribution is 5.52. The number of hydrogen-bond acceptors (Lipinski definition) is 3. The molecule has 0 spiro atoms. The number of benzene rings is 1. The molecule has 0 saturated heterocycles. The van der Waals surface area contributed by atoms with Gasteiger partial charge in [-0.05, 0) is 12.1 Å². The topological polar surface area (TPSA) is 41.8 Å². The molecule has 0 aliphatic heterocycles. The number of carbonyl (C=O) groups excluding carboxylic acids is 1. The normalized spacial score (nSPS) is 10.2. The Kier molecular flexibility index (Phi) is 2.99. The number of aldehydes is 1. The van der Waals surface area contributed by atoms with Crippen molar-refractivity contribution < 1.29 is 4.79 Å². The molecule has 11 heavy (non-hydrogen) atoms. The second kappa shape index (κ2) is 4.33. The van der Waals surface area contributed by atoms with Crippen LogP contribution in [-0.2, 0) is 4.79 Å². The van der Waals surface area contributed by atoms with Gasteiger partial charge in [-0.1, -0.05) is 18.2 Å². The molecule has 1 rings (SSSR count). The fraction of sp³-hybridized carbons (Fsp3) is 0.125. The minimum Gasteiger partial charge on any atom is -0.301 e. The van der Waals surface area contributed by atoms with E-state index in [0.29, 0.717) is 6.29 Å². The van der Waals surface area contributed by atoms with E-state index in [1.165, 1.54) is 0 Å². The monoisotopic (exact) mass is 148 g/mol. The van der Waals surface area contributed by atoms with Gasteiger partial charge in [0.2, 0.25) is 0 Å². The van der Waals surface area contributed by atoms with Crippen LogP contribution < -0.4 is 0 Å². The first-order valence-electron chi connectivity index (χ1n) is 3.29. The van der Waals surface area contributed by atoms with Gasteiger partial charge in [0.1, 0.15) is 12.8 Å². The van der Waals surface area contributed by atoms with Crippen LogP contribution in [0.25, 0.3) is 0 Å². The molecule has 56 valence electrons. The highest BCUT2D eigenvalue weighted by Crippen LogP contribution is 2.09. The predicted octanol–water partition coefficient (Wildman–Crippen LogP) is 1.97. The minimum absolute atomic E-state index is 0.134. The molecule has 0 fully saturated rings. The fourth-order valence-electron chi connectivity index (χ4n) is 0.650. The summed E-state index contributed by atoms with van der Waals surface area (Å²) >= 11 is 0. The first-order chi connectivity index (χ1) is 5.43. The number of rotatable bonds is 3. The molecule has 0 aliphatic rings. The van der Waals surface area contributed by atoms with Crippen molar-refractivity contribution in [3.05, 3.63) is 30.3 Å². The van der Waals surface area contributed by atoms with Crippen molar-refractivity contribution in [1.82, 2.24) is 0 Å². The summed E-state index contributed by atoms with van der Waals surface area (Å²) in [5, 5.41) is 7.41. The molecular weight excluding hydrogens is 140 g/mol. The zero-order chi connectivity index (χ0) is 7.94. The van der Waals surface area contributed by atoms with Crippen LogP contribution in [0.2, 0.25) is 0 Å². The van der Waals surface area contributed by atoms with Crippen molar-refractivity contribution in [2.45, 2.75) is 0 Å². The van der Waals surface area contributed by atoms with E-state index in [9.17, 15) is 4.79 Å². The van der Waals surface area contributed by atoms with E-state index in [-0.39, 0.29) is 6.54 Å². The van der Waals surface area contributed by atoms with Crippen LogP contribution >= 0.6 is 0 Å². The Morgan fingerprint density at radius 3 is 2.64 bits per heavy atom. The maximum Gasteiger partial charge on any atom is 0.143 e. The van der Waals surface area contributed by atoms with Crippen molar-refractivity contribution >= 4 is 12.0 Å². The van der Waals surface area contributed by atoms with Crippen LogP contribution in [0.3, 0.4) is 0 Å². The fourth-order valence-corrected chi connectivity index (χ4v) is 0.650. The minimum atomic E-state index is 0.134. The summed E-state index contributed by atoms with van der Waals surface area (Å²) < 4.78 is 0. The third-order valence-electron chi connectivity index (χ3n) is 1.10. The standard InChI is InChI=1S/C8H8N2O/c11-7-6-9-10-8-4-2-1-3-5-8/h1-5,7H,6H2. The van der Waals surface area contributed by atoms with Crippen LogP contribution in [0.5, 0.6) is 0 Å². The highest BCUT2D eigenvalue weighted by Gasteiger charge is 1.82. The Balaban J connectivity index is 2.57. The average Bonchev–Trinajstić information content (AvgIpc) is 2.07. The van der Waals surface area contributed by atoms with Crippen LogP contribution in [0.15, 0.2) is 40.6 Å². The van der Waals surface area contributed by atoms with E-state index >= 15 is 0 Å². The van der Waals surface area contributed by atoms with E-state index in [4.69, 9.17) is 0 Å². The quantitative estimate of drug-likeness (QED) is 0.477. The number of hydrogen-bond donors (Lipinski definition) is 0. The van der Waals surface area contributed by atoms with Crippen molar-refractivity contribution in [2.75, 3.05) is 6.54 Å². The summed E-state index contributed by atoms with van der Waals surface area (Å²) in [6.07, 6.45) is 0.715. The third-order valence-corrected chi connectivity index (χ3v) is 1.10. The Bertz CT molecular complexity index is 244. The predicted molar refractivity (Wildman–Crippen MR) is 41.9 cm³/mol. The van der Waals surface area contributed by atoms with Crippen LogP contribution in [0.4, 0.5) is 5.69 Å². The maximum atomic E-state index is 9.84. The SMILES string of the molecule is O=CCN=Nc1ccccc1. The molecule has 0 unspecified atom stereocenters. The molecule has 0 bridgehead atoms. The summed E-state index contributed by atoms with van der Waals surface area (Å²) in [6.45, 7) is 0.134. The third kappa shape index (κ3) is 2.71. The van der Waals surface area contributed by atoms with Gasteiger partial charge < -0.3 is 4.79 Å². The van der Waals surface area contributed by atoms with Gasteiger partial charge >= 0.3 is 0 Å². The molecule has 3 heteroatoms. The van der Waals surface area contributed by atoms with E-state index < -0.39 is 0 Å². The van der Waals surface area contributed by atoms with Gasteiger partial charge in [-0.2, -0.15) is 10.2 Å². The average molecular weight is 148 g/mol. The second-order valence-corrected chi connectivity index (χ2v) is 1.93. The summed E-state index contributed by atoms with van der Waals surface area (Å²) in [7, 11) is 0. The summed E-state index contributed by atoms with van der Waals surface area (Å²) in [5.74, 6) is 0. The molecular formula is C8H8N2O. The molecule has 0 radical (unpaired) electrons. The van der Waals surface area contributed by atoms with Gasteiger partial charge in [0, 0.05) is 0 Å². The Labute approximate surface area is 64.8 Å². The van der Waals surface area contributed by atoms with Gasteiger partial charge in [-0.25, -0.2) is 0 Å². The van der Waals surface area contributed by atoms with E-state index in [0.717, 1.165) is 5.69 Å². The number of nitrogens with zero attached hydrogens (tertiary/aromatic N) is 2. The molecule has 0 heterocycles. The largest absolute Gasteiger partial charge is 0.301 e. The van der Waals surface area contributed by atoms with Gasteiger partial charge in [0.05, 0.1) is 5.69 Å². The van der Waals surface area contributed by atoms with Crippen molar-refractivity contribution in [1.29, 1.82) is 0 Å². The Hall–Kier alpha value is -1.51. The molecule has 0 saturated carbocycles. The zero-order valence-electron chi connectivity index (χ0n) is 5.97. The first-order valence-corrected chi connectivity index (χ1v) is 3.29. The lowest BCUT2D eigenvalue weighted by Gasteiger charge is -1.86. The van der Waals surface area contributed by atoms with Gasteiger partial charge in [0.25, 0.3) is 0 Å². The van der Waals surface area contributed by atoms with Gasteiger partial charge in [0.15, 0.2) is 0 Å². The zero-order valence-corrected chi connectivity index (χ0v) is 5.97. The van der Waals surface area contributed by atoms with Crippen LogP contribution in [0.1, 0.15) is 0 Å². The first kappa shape index (κ1) is 7.60. The molecule has 1 aromatic carbocycles. The molecule has 0 aliphatic carbocycles. The second-order valence-electron chi connectivity index (χ2n) is 1.93. The van der Waals surface area contributed by atoms with Crippen LogP contribution in [-0.4, -0.2) is 12.8 Å². The Morgan fingerprint density at radius 2 is 2.00 bits per heavy atom. The van der Waals surface area contributed by atoms with E-state index in [1.54, 1.807) is 0 Å². The smallest absolute Gasteiger partial charge is 0.143 e. The van der Waals surface area contributed by atoms with E-state index in [2.05, 4.69) is 10.2 Å². The lowest BCUT2D eigenvalue weighted by Crippen LogP contribution is -1.75. The van der Waals surface area contributed by atoms with Crippen molar-refractivity contribution in [2.24, 2.45) is 10.2 Å². The molecule has 0 atom stereocenters. The molecule has 0 amide bonds. The number of carbonyl (C=O) groups is 1. The Morgan fingerprint density at radius 1 is 1.27 bits per heavy atom. The molecule has 0 N–H and O–H groups in total. The van der Waals surface area contributed by atoms with Crippen molar-refractivity contribution in [3.8, 4) is 0 Å². The van der Waals surface area contributed by atoms with Gasteiger partial charge in [-0.3, -0.25) is 0 Å². The highest BCUT2D eigenvalue weighted by atomic mass is 16.1. The molecule has 1 aromatic rings. The lowest BCUT2D eigenvalue weighted by molar-refractivity contribution is -0.106. The molecule has 3 nitrogen and oxygen atoms in total. The molecule has 0 aromatic heterocycles.